The fourth-order valence-corrected chi connectivity index (χ4v) is 2.71. The Bertz CT molecular complexity index is 498. The van der Waals surface area contributed by atoms with E-state index in [0.717, 1.165) is 0 Å². The minimum absolute atomic E-state index is 0.0947. The van der Waals surface area contributed by atoms with E-state index in [-0.39, 0.29) is 11.7 Å². The topological polar surface area (TPSA) is 70.0 Å². The number of halogens is 1. The van der Waals surface area contributed by atoms with E-state index in [1.54, 1.807) is 12.1 Å². The number of hydrogen-bond acceptors (Lipinski definition) is 4. The van der Waals surface area contributed by atoms with Gasteiger partial charge in [0.25, 0.3) is 0 Å². The lowest BCUT2D eigenvalue weighted by atomic mass is 9.97. The summed E-state index contributed by atoms with van der Waals surface area (Å²) < 4.78 is 5.07. The zero-order chi connectivity index (χ0) is 14.7. The van der Waals surface area contributed by atoms with Gasteiger partial charge in [0.15, 0.2) is 11.5 Å². The summed E-state index contributed by atoms with van der Waals surface area (Å²) in [4.78, 5) is 13.0. The van der Waals surface area contributed by atoms with Gasteiger partial charge < -0.3 is 14.9 Å². The highest BCUT2D eigenvalue weighted by molar-refractivity contribution is 6.30. The van der Waals surface area contributed by atoms with Crippen LogP contribution in [0.5, 0.6) is 11.5 Å². The van der Waals surface area contributed by atoms with Crippen molar-refractivity contribution >= 4 is 17.6 Å². The number of hydrogen-bond donors (Lipinski definition) is 2. The summed E-state index contributed by atoms with van der Waals surface area (Å²) >= 11 is 6.00. The van der Waals surface area contributed by atoms with Crippen LogP contribution in [0.4, 0.5) is 0 Å². The molecule has 5 nitrogen and oxygen atoms in total. The number of carbonyl (C=O) groups is 1. The number of likely N-dealkylation sites (tertiary alicyclic amines) is 1. The van der Waals surface area contributed by atoms with Crippen molar-refractivity contribution in [3.05, 3.63) is 22.7 Å². The van der Waals surface area contributed by atoms with Crippen LogP contribution in [0, 0.1) is 5.92 Å². The molecule has 0 aromatic heterocycles. The summed E-state index contributed by atoms with van der Waals surface area (Å²) in [6.45, 7) is 1.94. The van der Waals surface area contributed by atoms with Crippen LogP contribution in [-0.4, -0.2) is 41.3 Å². The van der Waals surface area contributed by atoms with Crippen LogP contribution in [0.1, 0.15) is 18.4 Å². The lowest BCUT2D eigenvalue weighted by molar-refractivity contribution is -0.143. The van der Waals surface area contributed by atoms with Gasteiger partial charge in [0.1, 0.15) is 0 Å². The highest BCUT2D eigenvalue weighted by Gasteiger charge is 2.25. The Balaban J connectivity index is 2.04. The van der Waals surface area contributed by atoms with E-state index in [0.29, 0.717) is 48.8 Å². The Labute approximate surface area is 122 Å². The molecule has 1 aromatic rings. The Morgan fingerprint density at radius 3 is 2.65 bits per heavy atom. The number of ether oxygens (including phenoxy) is 1. The summed E-state index contributed by atoms with van der Waals surface area (Å²) in [6, 6.07) is 3.28. The molecule has 1 fully saturated rings. The molecule has 0 bridgehead atoms. The highest BCUT2D eigenvalue weighted by Crippen LogP contribution is 2.34. The van der Waals surface area contributed by atoms with Crippen molar-refractivity contribution < 1.29 is 19.7 Å². The second kappa shape index (κ2) is 6.33. The SMILES string of the molecule is COc1cc(Cl)cc(CN2CCC(C(=O)O)CC2)c1O. The third kappa shape index (κ3) is 3.35. The van der Waals surface area contributed by atoms with Crippen LogP contribution in [-0.2, 0) is 11.3 Å². The minimum Gasteiger partial charge on any atom is -0.504 e. The van der Waals surface area contributed by atoms with E-state index in [2.05, 4.69) is 4.90 Å². The number of carboxylic acid groups (broad SMARTS) is 1. The lowest BCUT2D eigenvalue weighted by Crippen LogP contribution is -2.35. The average Bonchev–Trinajstić information content (AvgIpc) is 2.43. The summed E-state index contributed by atoms with van der Waals surface area (Å²) in [5.41, 5.74) is 0.697. The zero-order valence-corrected chi connectivity index (χ0v) is 12.1. The summed E-state index contributed by atoms with van der Waals surface area (Å²) in [7, 11) is 1.48. The zero-order valence-electron chi connectivity index (χ0n) is 11.3. The van der Waals surface area contributed by atoms with Crippen molar-refractivity contribution in [2.75, 3.05) is 20.2 Å². The largest absolute Gasteiger partial charge is 0.504 e. The number of piperidine rings is 1. The van der Waals surface area contributed by atoms with Crippen LogP contribution in [0.15, 0.2) is 12.1 Å². The second-order valence-corrected chi connectivity index (χ2v) is 5.44. The molecule has 0 unspecified atom stereocenters. The van der Waals surface area contributed by atoms with Crippen LogP contribution in [0.25, 0.3) is 0 Å². The Morgan fingerprint density at radius 2 is 2.10 bits per heavy atom. The Kier molecular flexibility index (Phi) is 4.73. The van der Waals surface area contributed by atoms with Gasteiger partial charge in [0.2, 0.25) is 0 Å². The Morgan fingerprint density at radius 1 is 1.45 bits per heavy atom. The third-order valence-electron chi connectivity index (χ3n) is 3.67. The molecule has 0 saturated carbocycles. The first-order chi connectivity index (χ1) is 9.51. The second-order valence-electron chi connectivity index (χ2n) is 5.00. The van der Waals surface area contributed by atoms with E-state index < -0.39 is 5.97 Å². The van der Waals surface area contributed by atoms with Gasteiger partial charge in [-0.15, -0.1) is 0 Å². The van der Waals surface area contributed by atoms with Crippen molar-refractivity contribution in [3.63, 3.8) is 0 Å². The van der Waals surface area contributed by atoms with Gasteiger partial charge in [-0.3, -0.25) is 9.69 Å². The van der Waals surface area contributed by atoms with Crippen molar-refractivity contribution in [1.82, 2.24) is 4.90 Å². The molecule has 1 aromatic carbocycles. The highest BCUT2D eigenvalue weighted by atomic mass is 35.5. The Hall–Kier alpha value is -1.46. The first kappa shape index (κ1) is 14.9. The minimum atomic E-state index is -0.725. The van der Waals surface area contributed by atoms with E-state index in [4.69, 9.17) is 21.4 Å². The van der Waals surface area contributed by atoms with Gasteiger partial charge in [-0.25, -0.2) is 0 Å². The normalized spacial score (nSPS) is 17.1. The van der Waals surface area contributed by atoms with Gasteiger partial charge in [-0.05, 0) is 32.0 Å². The number of aromatic hydroxyl groups is 1. The van der Waals surface area contributed by atoms with Gasteiger partial charge in [-0.2, -0.15) is 0 Å². The first-order valence-electron chi connectivity index (χ1n) is 6.51. The molecule has 0 aliphatic carbocycles. The van der Waals surface area contributed by atoms with Gasteiger partial charge in [-0.1, -0.05) is 11.6 Å². The summed E-state index contributed by atoms with van der Waals surface area (Å²) in [6.07, 6.45) is 1.27. The number of methoxy groups -OCH3 is 1. The number of aliphatic carboxylic acids is 1. The van der Waals surface area contributed by atoms with Crippen LogP contribution < -0.4 is 4.74 Å². The standard InChI is InChI=1S/C14H18ClNO4/c1-20-12-7-11(15)6-10(13(12)17)8-16-4-2-9(3-5-16)14(18)19/h6-7,9,17H,2-5,8H2,1H3,(H,18,19). The van der Waals surface area contributed by atoms with E-state index >= 15 is 0 Å². The van der Waals surface area contributed by atoms with Crippen molar-refractivity contribution in [2.45, 2.75) is 19.4 Å². The number of carboxylic acids is 1. The van der Waals surface area contributed by atoms with Gasteiger partial charge in [0, 0.05) is 23.2 Å². The molecule has 2 N–H and O–H groups in total. The molecule has 0 amide bonds. The van der Waals surface area contributed by atoms with Crippen molar-refractivity contribution in [2.24, 2.45) is 5.92 Å². The maximum Gasteiger partial charge on any atom is 0.306 e. The average molecular weight is 300 g/mol. The van der Waals surface area contributed by atoms with Gasteiger partial charge >= 0.3 is 5.97 Å². The molecule has 2 rings (SSSR count). The molecule has 110 valence electrons. The fraction of sp³-hybridized carbons (Fsp3) is 0.500. The fourth-order valence-electron chi connectivity index (χ4n) is 2.48. The number of phenols is 1. The van der Waals surface area contributed by atoms with Crippen LogP contribution in [0.3, 0.4) is 0 Å². The number of nitrogens with zero attached hydrogens (tertiary/aromatic N) is 1. The van der Waals surface area contributed by atoms with Crippen molar-refractivity contribution in [1.29, 1.82) is 0 Å². The molecule has 1 aliphatic heterocycles. The molecular formula is C14H18ClNO4. The predicted octanol–water partition coefficient (Wildman–Crippen LogP) is 2.35. The summed E-state index contributed by atoms with van der Waals surface area (Å²) in [5.74, 6) is -0.532. The maximum atomic E-state index is 10.9. The quantitative estimate of drug-likeness (QED) is 0.893. The molecule has 0 radical (unpaired) electrons. The molecular weight excluding hydrogens is 282 g/mol. The molecule has 0 atom stereocenters. The number of benzene rings is 1. The van der Waals surface area contributed by atoms with Crippen molar-refractivity contribution in [3.8, 4) is 11.5 Å². The molecule has 1 heterocycles. The van der Waals surface area contributed by atoms with E-state index in [1.165, 1.54) is 7.11 Å². The number of phenolic OH excluding ortho intramolecular Hbond substituents is 1. The first-order valence-corrected chi connectivity index (χ1v) is 6.89. The van der Waals surface area contributed by atoms with Crippen LogP contribution in [0.2, 0.25) is 5.02 Å². The maximum absolute atomic E-state index is 10.9. The lowest BCUT2D eigenvalue weighted by Gasteiger charge is -2.30. The van der Waals surface area contributed by atoms with Crippen LogP contribution >= 0.6 is 11.6 Å². The molecule has 1 saturated heterocycles. The predicted molar refractivity (Wildman–Crippen MR) is 75.3 cm³/mol. The molecule has 6 heteroatoms. The third-order valence-corrected chi connectivity index (χ3v) is 3.89. The molecule has 0 spiro atoms. The van der Waals surface area contributed by atoms with Gasteiger partial charge in [0.05, 0.1) is 13.0 Å². The van der Waals surface area contributed by atoms with E-state index in [1.807, 2.05) is 0 Å². The smallest absolute Gasteiger partial charge is 0.306 e. The molecule has 20 heavy (non-hydrogen) atoms. The van der Waals surface area contributed by atoms with E-state index in [9.17, 15) is 9.90 Å². The summed E-state index contributed by atoms with van der Waals surface area (Å²) in [5, 5.41) is 19.6. The number of rotatable bonds is 4. The monoisotopic (exact) mass is 299 g/mol. The molecule has 1 aliphatic rings.